The molecule has 12 heteroatoms. The monoisotopic (exact) mass is 269 g/mol. The van der Waals surface area contributed by atoms with E-state index >= 15 is 0 Å². The molecule has 0 aliphatic heterocycles. The Morgan fingerprint density at radius 1 is 1.00 bits per heavy atom. The van der Waals surface area contributed by atoms with Gasteiger partial charge >= 0.3 is 57.2 Å². The summed E-state index contributed by atoms with van der Waals surface area (Å²) in [5.74, 6) is -3.20. The van der Waals surface area contributed by atoms with Gasteiger partial charge in [0.25, 0.3) is 0 Å². The van der Waals surface area contributed by atoms with Gasteiger partial charge in [0.05, 0.1) is 0 Å². The first-order valence-corrected chi connectivity index (χ1v) is 4.06. The van der Waals surface area contributed by atoms with Gasteiger partial charge < -0.3 is 0 Å². The molecule has 0 atom stereocenters. The molecular formula is C3H2F6NNaO3S. The molecule has 0 heterocycles. The molecule has 15 heavy (non-hydrogen) atoms. The van der Waals surface area contributed by atoms with E-state index < -0.39 is 27.6 Å². The zero-order valence-corrected chi connectivity index (χ0v) is 6.72. The predicted molar refractivity (Wildman–Crippen MR) is 36.3 cm³/mol. The Morgan fingerprint density at radius 3 is 1.53 bits per heavy atom. The summed E-state index contributed by atoms with van der Waals surface area (Å²) in [5.41, 5.74) is -5.96. The number of hydrogen-bond donors (Lipinski definition) is 1. The van der Waals surface area contributed by atoms with Crippen molar-refractivity contribution in [3.05, 3.63) is 0 Å². The molecule has 0 unspecified atom stereocenters. The van der Waals surface area contributed by atoms with E-state index in [1.165, 1.54) is 0 Å². The first kappa shape index (κ1) is 17.4. The first-order chi connectivity index (χ1) is 5.88. The zero-order valence-electron chi connectivity index (χ0n) is 5.90. The number of carbonyl (C=O) groups is 1. The summed E-state index contributed by atoms with van der Waals surface area (Å²) in [6.45, 7) is 0. The molecule has 0 bridgehead atoms. The van der Waals surface area contributed by atoms with Crippen LogP contribution in [0.15, 0.2) is 0 Å². The van der Waals surface area contributed by atoms with E-state index in [-0.39, 0.29) is 34.3 Å². The third-order valence-electron chi connectivity index (χ3n) is 0.789. The van der Waals surface area contributed by atoms with E-state index in [0.717, 1.165) is 0 Å². The first-order valence-electron chi connectivity index (χ1n) is 2.58. The second-order valence-electron chi connectivity index (χ2n) is 1.88. The minimum atomic E-state index is -6.30. The van der Waals surface area contributed by atoms with Crippen LogP contribution >= 0.6 is 0 Å². The molecule has 4 nitrogen and oxygen atoms in total. The number of halogens is 6. The van der Waals surface area contributed by atoms with Crippen molar-refractivity contribution in [1.82, 2.24) is 4.72 Å². The molecule has 0 aromatic carbocycles. The van der Waals surface area contributed by atoms with Crippen molar-refractivity contribution >= 4 is 45.5 Å². The van der Waals surface area contributed by atoms with Crippen LogP contribution < -0.4 is 4.72 Å². The Bertz CT molecular complexity index is 331. The third-order valence-corrected chi connectivity index (χ3v) is 1.85. The Hall–Kier alpha value is -0.000000000000000444. The van der Waals surface area contributed by atoms with Gasteiger partial charge in [-0.1, -0.05) is 0 Å². The van der Waals surface area contributed by atoms with Crippen LogP contribution in [0.2, 0.25) is 0 Å². The molecule has 0 aliphatic rings. The number of rotatable bonds is 1. The van der Waals surface area contributed by atoms with Gasteiger partial charge in [-0.2, -0.15) is 34.8 Å². The van der Waals surface area contributed by atoms with Crippen LogP contribution in [-0.4, -0.2) is 55.6 Å². The van der Waals surface area contributed by atoms with E-state index in [9.17, 15) is 39.6 Å². The molecule has 0 saturated carbocycles. The summed E-state index contributed by atoms with van der Waals surface area (Å²) >= 11 is 0. The quantitative estimate of drug-likeness (QED) is 0.532. The number of hydrogen-bond acceptors (Lipinski definition) is 3. The van der Waals surface area contributed by atoms with E-state index in [4.69, 9.17) is 0 Å². The van der Waals surface area contributed by atoms with Crippen molar-refractivity contribution in [2.45, 2.75) is 11.7 Å². The van der Waals surface area contributed by atoms with Gasteiger partial charge in [0.1, 0.15) is 0 Å². The average molecular weight is 269 g/mol. The van der Waals surface area contributed by atoms with E-state index in [2.05, 4.69) is 0 Å². The van der Waals surface area contributed by atoms with Gasteiger partial charge in [-0.15, -0.1) is 0 Å². The molecule has 0 radical (unpaired) electrons. The summed E-state index contributed by atoms with van der Waals surface area (Å²) in [6, 6.07) is 0. The number of sulfonamides is 1. The van der Waals surface area contributed by atoms with E-state index in [1.54, 1.807) is 0 Å². The molecule has 0 aromatic heterocycles. The van der Waals surface area contributed by atoms with Gasteiger partial charge in [0.2, 0.25) is 0 Å². The van der Waals surface area contributed by atoms with Crippen molar-refractivity contribution in [3.8, 4) is 0 Å². The van der Waals surface area contributed by atoms with Crippen molar-refractivity contribution < 1.29 is 39.6 Å². The maximum absolute atomic E-state index is 11.4. The van der Waals surface area contributed by atoms with Gasteiger partial charge in [-0.3, -0.25) is 4.79 Å². The molecule has 0 aliphatic carbocycles. The fraction of sp³-hybridized carbons (Fsp3) is 0.667. The van der Waals surface area contributed by atoms with Crippen LogP contribution in [0.5, 0.6) is 0 Å². The van der Waals surface area contributed by atoms with Crippen LogP contribution in [0.1, 0.15) is 0 Å². The normalized spacial score (nSPS) is 12.9. The molecule has 1 N–H and O–H groups in total. The summed E-state index contributed by atoms with van der Waals surface area (Å²) in [5, 5.41) is 0. The fourth-order valence-corrected chi connectivity index (χ4v) is 0.713. The van der Waals surface area contributed by atoms with Gasteiger partial charge in [-0.25, -0.2) is 4.72 Å². The van der Waals surface area contributed by atoms with E-state index in [0.29, 0.717) is 0 Å². The average Bonchev–Trinajstić information content (AvgIpc) is 1.80. The van der Waals surface area contributed by atoms with Crippen molar-refractivity contribution in [1.29, 1.82) is 0 Å². The number of alkyl halides is 6. The summed E-state index contributed by atoms with van der Waals surface area (Å²) in [6.07, 6.45) is -5.70. The number of nitrogens with one attached hydrogen (secondary N) is 1. The van der Waals surface area contributed by atoms with Crippen LogP contribution in [0.4, 0.5) is 26.3 Å². The summed E-state index contributed by atoms with van der Waals surface area (Å²) in [4.78, 5) is 9.81. The number of carbonyl (C=O) groups excluding carboxylic acids is 1. The minimum absolute atomic E-state index is 0. The third kappa shape index (κ3) is 5.04. The SMILES string of the molecule is O=C(NS(=O)(=O)C(F)(F)F)C(F)(F)F.[NaH]. The van der Waals surface area contributed by atoms with Crippen LogP contribution in [0.3, 0.4) is 0 Å². The molecule has 0 rings (SSSR count). The van der Waals surface area contributed by atoms with E-state index in [1.807, 2.05) is 0 Å². The molecule has 86 valence electrons. The van der Waals surface area contributed by atoms with Gasteiger partial charge in [0, 0.05) is 0 Å². The Labute approximate surface area is 101 Å². The summed E-state index contributed by atoms with van der Waals surface area (Å²) < 4.78 is 87.9. The van der Waals surface area contributed by atoms with Gasteiger partial charge in [0.15, 0.2) is 0 Å². The summed E-state index contributed by atoms with van der Waals surface area (Å²) in [7, 11) is -6.30. The van der Waals surface area contributed by atoms with Crippen molar-refractivity contribution in [2.75, 3.05) is 0 Å². The topological polar surface area (TPSA) is 63.2 Å². The standard InChI is InChI=1S/C3HF6NO3S.Na.H/c4-2(5,6)1(11)10-14(12,13)3(7,8)9;;/h(H,10,11);;. The van der Waals surface area contributed by atoms with Crippen LogP contribution in [0, 0.1) is 0 Å². The van der Waals surface area contributed by atoms with Crippen LogP contribution in [-0.2, 0) is 14.8 Å². The molecule has 1 amide bonds. The Kier molecular flexibility index (Phi) is 5.67. The number of amides is 1. The predicted octanol–water partition coefficient (Wildman–Crippen LogP) is -0.134. The Balaban J connectivity index is 0. The molecule has 0 spiro atoms. The molecule has 0 saturated heterocycles. The molecule has 0 fully saturated rings. The molecule has 0 aromatic rings. The molecular weight excluding hydrogens is 267 g/mol. The zero-order chi connectivity index (χ0) is 11.8. The van der Waals surface area contributed by atoms with Crippen molar-refractivity contribution in [3.63, 3.8) is 0 Å². The second-order valence-corrected chi connectivity index (χ2v) is 3.55. The fourth-order valence-electron chi connectivity index (χ4n) is 0.238. The van der Waals surface area contributed by atoms with Crippen LogP contribution in [0.25, 0.3) is 0 Å². The van der Waals surface area contributed by atoms with Gasteiger partial charge in [-0.05, 0) is 0 Å². The maximum atomic E-state index is 11.4. The second kappa shape index (κ2) is 4.89. The Morgan fingerprint density at radius 2 is 1.33 bits per heavy atom. The van der Waals surface area contributed by atoms with Crippen molar-refractivity contribution in [2.24, 2.45) is 0 Å².